The second-order valence-corrected chi connectivity index (χ2v) is 9.14. The maximum absolute atomic E-state index is 12.8. The fourth-order valence-electron chi connectivity index (χ4n) is 4.50. The Kier molecular flexibility index (Phi) is 4.61. The Hall–Kier alpha value is -1.73. The normalized spacial score (nSPS) is 27.2. The van der Waals surface area contributed by atoms with Gasteiger partial charge in [0.05, 0.1) is 24.4 Å². The number of aryl methyl sites for hydroxylation is 1. The van der Waals surface area contributed by atoms with E-state index in [0.717, 1.165) is 61.2 Å². The highest BCUT2D eigenvalue weighted by Crippen LogP contribution is 2.35. The van der Waals surface area contributed by atoms with E-state index in [4.69, 9.17) is 10.7 Å². The Bertz CT molecular complexity index is 903. The average Bonchev–Trinajstić information content (AvgIpc) is 2.98. The fraction of sp³-hybridized carbons (Fsp3) is 0.632. The quantitative estimate of drug-likeness (QED) is 0.746. The summed E-state index contributed by atoms with van der Waals surface area (Å²) in [6.45, 7) is 6.05. The Balaban J connectivity index is 1.67. The van der Waals surface area contributed by atoms with Crippen LogP contribution >= 0.6 is 11.3 Å². The van der Waals surface area contributed by atoms with E-state index >= 15 is 0 Å². The molecule has 1 saturated heterocycles. The number of thiophene rings is 1. The van der Waals surface area contributed by atoms with Gasteiger partial charge in [0, 0.05) is 4.88 Å². The predicted molar refractivity (Wildman–Crippen MR) is 102 cm³/mol. The lowest BCUT2D eigenvalue weighted by Crippen LogP contribution is -3.13. The maximum Gasteiger partial charge on any atom is 0.260 e. The summed E-state index contributed by atoms with van der Waals surface area (Å²) in [6, 6.07) is 0.0484. The molecule has 26 heavy (non-hydrogen) atoms. The van der Waals surface area contributed by atoms with E-state index in [-0.39, 0.29) is 23.4 Å². The van der Waals surface area contributed by atoms with E-state index in [2.05, 4.69) is 18.8 Å². The molecule has 140 valence electrons. The molecule has 0 radical (unpaired) electrons. The highest BCUT2D eigenvalue weighted by molar-refractivity contribution is 7.18. The van der Waals surface area contributed by atoms with Crippen LogP contribution in [-0.2, 0) is 17.6 Å². The minimum atomic E-state index is -0.216. The molecular formula is C19H27N4O2S+. The minimum absolute atomic E-state index is 0.00763. The maximum atomic E-state index is 12.8. The minimum Gasteiger partial charge on any atom is -0.369 e. The Labute approximate surface area is 156 Å². The lowest BCUT2D eigenvalue weighted by atomic mass is 9.89. The number of nitrogens with zero attached hydrogens (tertiary/aromatic N) is 1. The molecule has 0 aromatic carbocycles. The van der Waals surface area contributed by atoms with Crippen LogP contribution in [0.25, 0.3) is 10.2 Å². The first-order chi connectivity index (χ1) is 12.4. The van der Waals surface area contributed by atoms with Gasteiger partial charge >= 0.3 is 0 Å². The number of nitrogens with one attached hydrogen (secondary N) is 2. The highest BCUT2D eigenvalue weighted by Gasteiger charge is 2.32. The number of piperidine rings is 1. The zero-order chi connectivity index (χ0) is 18.4. The summed E-state index contributed by atoms with van der Waals surface area (Å²) < 4.78 is 0. The third-order valence-corrected chi connectivity index (χ3v) is 7.32. The van der Waals surface area contributed by atoms with Gasteiger partial charge in [-0.1, -0.05) is 6.92 Å². The molecule has 6 nitrogen and oxygen atoms in total. The third-order valence-electron chi connectivity index (χ3n) is 6.17. The number of quaternary nitrogens is 1. The Morgan fingerprint density at radius 3 is 3.00 bits per heavy atom. The molecule has 0 spiro atoms. The van der Waals surface area contributed by atoms with Crippen LogP contribution in [0, 0.1) is 11.8 Å². The van der Waals surface area contributed by atoms with Gasteiger partial charge in [-0.05, 0) is 50.5 Å². The molecule has 4 N–H and O–H groups in total. The highest BCUT2D eigenvalue weighted by atomic mass is 32.1. The van der Waals surface area contributed by atoms with Crippen LogP contribution in [0.1, 0.15) is 55.4 Å². The van der Waals surface area contributed by atoms with Gasteiger partial charge in [-0.3, -0.25) is 9.59 Å². The van der Waals surface area contributed by atoms with Gasteiger partial charge in [-0.2, -0.15) is 0 Å². The number of hydrogen-bond acceptors (Lipinski definition) is 4. The zero-order valence-electron chi connectivity index (χ0n) is 15.4. The van der Waals surface area contributed by atoms with Crippen LogP contribution in [0.3, 0.4) is 0 Å². The first kappa shape index (κ1) is 17.7. The van der Waals surface area contributed by atoms with E-state index in [9.17, 15) is 9.59 Å². The van der Waals surface area contributed by atoms with Crippen molar-refractivity contribution in [3.8, 4) is 0 Å². The molecule has 1 aliphatic carbocycles. The number of fused-ring (bicyclic) bond motifs is 3. The molecule has 0 saturated carbocycles. The number of carbonyl (C=O) groups is 1. The summed E-state index contributed by atoms with van der Waals surface area (Å²) >= 11 is 1.69. The van der Waals surface area contributed by atoms with Crippen molar-refractivity contribution >= 4 is 27.5 Å². The number of hydrogen-bond donors (Lipinski definition) is 3. The van der Waals surface area contributed by atoms with Crippen molar-refractivity contribution in [2.75, 3.05) is 13.1 Å². The molecule has 0 bridgehead atoms. The van der Waals surface area contributed by atoms with E-state index in [1.165, 1.54) is 15.3 Å². The SMILES string of the molecule is C[C@@H]1CCc2c(sc3nc([C@@H](C)[NH+]4CCC[C@H](C(N)=O)C4)[nH]c(=O)c23)C1. The molecule has 7 heteroatoms. The van der Waals surface area contributed by atoms with Crippen molar-refractivity contribution in [3.05, 3.63) is 26.6 Å². The lowest BCUT2D eigenvalue weighted by Gasteiger charge is -2.32. The predicted octanol–water partition coefficient (Wildman–Crippen LogP) is 0.951. The van der Waals surface area contributed by atoms with Gasteiger partial charge in [0.25, 0.3) is 5.56 Å². The van der Waals surface area contributed by atoms with Crippen LogP contribution in [0.15, 0.2) is 4.79 Å². The summed E-state index contributed by atoms with van der Waals surface area (Å²) in [7, 11) is 0. The van der Waals surface area contributed by atoms with E-state index in [1.54, 1.807) is 11.3 Å². The fourth-order valence-corrected chi connectivity index (χ4v) is 5.89. The summed E-state index contributed by atoms with van der Waals surface area (Å²) in [5, 5.41) is 0.802. The Morgan fingerprint density at radius 1 is 1.42 bits per heavy atom. The molecule has 2 aromatic rings. The van der Waals surface area contributed by atoms with E-state index < -0.39 is 0 Å². The van der Waals surface area contributed by atoms with Crippen molar-refractivity contribution in [1.29, 1.82) is 0 Å². The summed E-state index contributed by atoms with van der Waals surface area (Å²) in [5.41, 5.74) is 6.72. The van der Waals surface area contributed by atoms with Gasteiger partial charge in [0.1, 0.15) is 10.9 Å². The van der Waals surface area contributed by atoms with Crippen LogP contribution < -0.4 is 16.2 Å². The van der Waals surface area contributed by atoms with Crippen LogP contribution in [0.5, 0.6) is 0 Å². The van der Waals surface area contributed by atoms with Gasteiger partial charge in [0.15, 0.2) is 5.82 Å². The zero-order valence-corrected chi connectivity index (χ0v) is 16.2. The van der Waals surface area contributed by atoms with Crippen molar-refractivity contribution in [2.24, 2.45) is 17.6 Å². The van der Waals surface area contributed by atoms with Crippen molar-refractivity contribution < 1.29 is 9.69 Å². The number of amides is 1. The largest absolute Gasteiger partial charge is 0.369 e. The summed E-state index contributed by atoms with van der Waals surface area (Å²) in [6.07, 6.45) is 5.02. The molecule has 4 atom stereocenters. The van der Waals surface area contributed by atoms with Crippen LogP contribution in [0.2, 0.25) is 0 Å². The number of nitrogens with two attached hydrogens (primary N) is 1. The van der Waals surface area contributed by atoms with E-state index in [1.807, 2.05) is 0 Å². The molecule has 1 unspecified atom stereocenters. The standard InChI is InChI=1S/C19H26N4O2S/c1-10-5-6-13-14(8-10)26-19-15(13)18(25)21-17(22-19)11(2)23-7-3-4-12(9-23)16(20)24/h10-12H,3-9H2,1-2H3,(H2,20,24)(H,21,22,25)/p+1/t10-,11-,12+/m1/s1. The monoisotopic (exact) mass is 375 g/mol. The number of aromatic amines is 1. The second kappa shape index (κ2) is 6.78. The molecule has 2 aliphatic rings. The molecule has 1 fully saturated rings. The number of carbonyl (C=O) groups excluding carboxylic acids is 1. The second-order valence-electron chi connectivity index (χ2n) is 8.06. The average molecular weight is 376 g/mol. The summed E-state index contributed by atoms with van der Waals surface area (Å²) in [5.74, 6) is 1.12. The lowest BCUT2D eigenvalue weighted by molar-refractivity contribution is -0.937. The van der Waals surface area contributed by atoms with Crippen molar-refractivity contribution in [2.45, 2.75) is 52.0 Å². The van der Waals surface area contributed by atoms with Crippen LogP contribution in [0.4, 0.5) is 0 Å². The number of rotatable bonds is 3. The smallest absolute Gasteiger partial charge is 0.260 e. The van der Waals surface area contributed by atoms with Gasteiger partial charge < -0.3 is 15.6 Å². The third kappa shape index (κ3) is 3.07. The molecule has 1 amide bonds. The van der Waals surface area contributed by atoms with Crippen molar-refractivity contribution in [3.63, 3.8) is 0 Å². The van der Waals surface area contributed by atoms with Gasteiger partial charge in [-0.15, -0.1) is 11.3 Å². The number of H-pyrrole nitrogens is 1. The number of primary amides is 1. The van der Waals surface area contributed by atoms with Gasteiger partial charge in [0.2, 0.25) is 5.91 Å². The topological polar surface area (TPSA) is 93.3 Å². The molecular weight excluding hydrogens is 348 g/mol. The molecule has 4 rings (SSSR count). The number of likely N-dealkylation sites (tertiary alicyclic amines) is 1. The Morgan fingerprint density at radius 2 is 2.23 bits per heavy atom. The number of aromatic nitrogens is 2. The molecule has 3 heterocycles. The van der Waals surface area contributed by atoms with Gasteiger partial charge in [-0.25, -0.2) is 4.98 Å². The van der Waals surface area contributed by atoms with Crippen LogP contribution in [-0.4, -0.2) is 29.0 Å². The molecule has 2 aromatic heterocycles. The first-order valence-corrected chi connectivity index (χ1v) is 10.4. The first-order valence-electron chi connectivity index (χ1n) is 9.62. The van der Waals surface area contributed by atoms with E-state index in [0.29, 0.717) is 5.92 Å². The molecule has 1 aliphatic heterocycles. The van der Waals surface area contributed by atoms with Crippen molar-refractivity contribution in [1.82, 2.24) is 9.97 Å². The summed E-state index contributed by atoms with van der Waals surface area (Å²) in [4.78, 5) is 35.7.